The Labute approximate surface area is 126 Å². The molecule has 0 saturated carbocycles. The quantitative estimate of drug-likeness (QED) is 0.797. The van der Waals surface area contributed by atoms with E-state index in [4.69, 9.17) is 0 Å². The molecule has 0 radical (unpaired) electrons. The van der Waals surface area contributed by atoms with Gasteiger partial charge in [-0.25, -0.2) is 8.78 Å². The van der Waals surface area contributed by atoms with Crippen molar-refractivity contribution in [3.05, 3.63) is 29.3 Å². The van der Waals surface area contributed by atoms with Gasteiger partial charge < -0.3 is 10.2 Å². The predicted octanol–water partition coefficient (Wildman–Crippen LogP) is 0.895. The van der Waals surface area contributed by atoms with Gasteiger partial charge in [0.1, 0.15) is 17.3 Å². The van der Waals surface area contributed by atoms with Gasteiger partial charge in [0.05, 0.1) is 0 Å². The predicted molar refractivity (Wildman–Crippen MR) is 76.6 cm³/mol. The first-order chi connectivity index (χ1) is 10.5. The van der Waals surface area contributed by atoms with Crippen molar-refractivity contribution in [1.29, 1.82) is 0 Å². The fraction of sp³-hybridized carbons (Fsp3) is 0.467. The number of piperidine rings is 1. The lowest BCUT2D eigenvalue weighted by molar-refractivity contribution is -0.133. The lowest BCUT2D eigenvalue weighted by Gasteiger charge is -2.30. The van der Waals surface area contributed by atoms with Crippen LogP contribution >= 0.6 is 0 Å². The maximum Gasteiger partial charge on any atom is 0.227 e. The number of halogens is 2. The van der Waals surface area contributed by atoms with Crippen molar-refractivity contribution in [2.75, 3.05) is 31.1 Å². The number of carbonyl (C=O) groups is 2. The summed E-state index contributed by atoms with van der Waals surface area (Å²) < 4.78 is 28.7. The Morgan fingerprint density at radius 3 is 2.09 bits per heavy atom. The molecule has 7 heteroatoms. The Hall–Kier alpha value is -2.02. The third-order valence-electron chi connectivity index (χ3n) is 4.09. The van der Waals surface area contributed by atoms with Gasteiger partial charge in [-0.2, -0.15) is 0 Å². The van der Waals surface area contributed by atoms with E-state index in [1.807, 2.05) is 0 Å². The molecular weight excluding hydrogens is 292 g/mol. The molecule has 3 rings (SSSR count). The number of nitrogens with zero attached hydrogens (tertiary/aromatic N) is 1. The van der Waals surface area contributed by atoms with E-state index in [9.17, 15) is 18.4 Å². The average Bonchev–Trinajstić information content (AvgIpc) is 2.46. The molecule has 2 heterocycles. The van der Waals surface area contributed by atoms with Crippen LogP contribution in [-0.4, -0.2) is 38.0 Å². The van der Waals surface area contributed by atoms with Crippen LogP contribution in [0.25, 0.3) is 0 Å². The SMILES string of the molecule is O=C1CC(c2cc(F)c(N3CCNCC3)c(F)c2)CC(=O)N1. The summed E-state index contributed by atoms with van der Waals surface area (Å²) in [6.45, 7) is 2.44. The molecule has 0 aromatic heterocycles. The molecule has 2 aliphatic rings. The van der Waals surface area contributed by atoms with Gasteiger partial charge >= 0.3 is 0 Å². The Morgan fingerprint density at radius 2 is 1.55 bits per heavy atom. The second-order valence-electron chi connectivity index (χ2n) is 5.65. The van der Waals surface area contributed by atoms with E-state index < -0.39 is 29.4 Å². The largest absolute Gasteiger partial charge is 0.364 e. The summed E-state index contributed by atoms with van der Waals surface area (Å²) >= 11 is 0. The Balaban J connectivity index is 1.88. The van der Waals surface area contributed by atoms with E-state index in [1.165, 1.54) is 12.1 Å². The van der Waals surface area contributed by atoms with Crippen molar-refractivity contribution in [3.8, 4) is 0 Å². The van der Waals surface area contributed by atoms with E-state index in [0.29, 0.717) is 31.7 Å². The highest BCUT2D eigenvalue weighted by molar-refractivity contribution is 5.98. The number of piperazine rings is 1. The second-order valence-corrected chi connectivity index (χ2v) is 5.65. The Morgan fingerprint density at radius 1 is 1.00 bits per heavy atom. The summed E-state index contributed by atoms with van der Waals surface area (Å²) in [4.78, 5) is 24.5. The zero-order chi connectivity index (χ0) is 15.7. The number of carbonyl (C=O) groups excluding carboxylic acids is 2. The van der Waals surface area contributed by atoms with Crippen LogP contribution in [0, 0.1) is 11.6 Å². The monoisotopic (exact) mass is 309 g/mol. The topological polar surface area (TPSA) is 61.4 Å². The molecule has 1 aromatic carbocycles. The molecule has 2 N–H and O–H groups in total. The van der Waals surface area contributed by atoms with Crippen LogP contribution in [0.2, 0.25) is 0 Å². The first-order valence-electron chi connectivity index (χ1n) is 7.32. The van der Waals surface area contributed by atoms with Crippen molar-refractivity contribution in [1.82, 2.24) is 10.6 Å². The van der Waals surface area contributed by atoms with Crippen LogP contribution < -0.4 is 15.5 Å². The normalized spacial score (nSPS) is 20.2. The first-order valence-corrected chi connectivity index (χ1v) is 7.32. The van der Waals surface area contributed by atoms with Gasteiger partial charge in [-0.15, -0.1) is 0 Å². The van der Waals surface area contributed by atoms with Crippen LogP contribution in [0.1, 0.15) is 24.3 Å². The third kappa shape index (κ3) is 2.94. The third-order valence-corrected chi connectivity index (χ3v) is 4.09. The molecule has 5 nitrogen and oxygen atoms in total. The Kier molecular flexibility index (Phi) is 4.06. The standard InChI is InChI=1S/C15H17F2N3O2/c16-11-5-9(10-7-13(21)19-14(22)8-10)6-12(17)15(11)20-3-1-18-2-4-20/h5-6,10,18H,1-4,7-8H2,(H,19,21,22). The summed E-state index contributed by atoms with van der Waals surface area (Å²) in [7, 11) is 0. The summed E-state index contributed by atoms with van der Waals surface area (Å²) in [5.74, 6) is -2.57. The summed E-state index contributed by atoms with van der Waals surface area (Å²) in [5, 5.41) is 5.32. The fourth-order valence-electron chi connectivity index (χ4n) is 3.02. The molecule has 2 saturated heterocycles. The van der Waals surface area contributed by atoms with Crippen LogP contribution in [0.15, 0.2) is 12.1 Å². The Bertz CT molecular complexity index is 576. The maximum atomic E-state index is 14.4. The molecule has 0 atom stereocenters. The van der Waals surface area contributed by atoms with Gasteiger partial charge in [-0.3, -0.25) is 14.9 Å². The van der Waals surface area contributed by atoms with Crippen LogP contribution in [-0.2, 0) is 9.59 Å². The molecule has 1 aromatic rings. The molecule has 0 spiro atoms. The lowest BCUT2D eigenvalue weighted by atomic mass is 9.89. The van der Waals surface area contributed by atoms with Crippen molar-refractivity contribution in [3.63, 3.8) is 0 Å². The number of hydrogen-bond acceptors (Lipinski definition) is 4. The minimum absolute atomic E-state index is 0.0307. The molecule has 0 aliphatic carbocycles. The van der Waals surface area contributed by atoms with Gasteiger partial charge in [0.15, 0.2) is 0 Å². The van der Waals surface area contributed by atoms with Crippen molar-refractivity contribution in [2.24, 2.45) is 0 Å². The number of imide groups is 1. The highest BCUT2D eigenvalue weighted by Gasteiger charge is 2.28. The van der Waals surface area contributed by atoms with Gasteiger partial charge in [-0.1, -0.05) is 0 Å². The zero-order valence-electron chi connectivity index (χ0n) is 12.0. The van der Waals surface area contributed by atoms with Crippen LogP contribution in [0.5, 0.6) is 0 Å². The van der Waals surface area contributed by atoms with Crippen molar-refractivity contribution < 1.29 is 18.4 Å². The number of hydrogen-bond donors (Lipinski definition) is 2. The van der Waals surface area contributed by atoms with Crippen molar-refractivity contribution in [2.45, 2.75) is 18.8 Å². The zero-order valence-corrected chi connectivity index (χ0v) is 12.0. The van der Waals surface area contributed by atoms with Gasteiger partial charge in [0.2, 0.25) is 11.8 Å². The summed E-state index contributed by atoms with van der Waals surface area (Å²) in [5.41, 5.74) is 0.328. The minimum atomic E-state index is -0.643. The highest BCUT2D eigenvalue weighted by atomic mass is 19.1. The first kappa shape index (κ1) is 14.9. The molecule has 2 fully saturated rings. The molecule has 2 amide bonds. The van der Waals surface area contributed by atoms with Crippen LogP contribution in [0.3, 0.4) is 0 Å². The van der Waals surface area contributed by atoms with Gasteiger partial charge in [0.25, 0.3) is 0 Å². The molecule has 22 heavy (non-hydrogen) atoms. The van der Waals surface area contributed by atoms with E-state index in [1.54, 1.807) is 4.90 Å². The van der Waals surface area contributed by atoms with Gasteiger partial charge in [0, 0.05) is 44.9 Å². The molecule has 2 aliphatic heterocycles. The van der Waals surface area contributed by atoms with Crippen LogP contribution in [0.4, 0.5) is 14.5 Å². The van der Waals surface area contributed by atoms with Gasteiger partial charge in [-0.05, 0) is 17.7 Å². The van der Waals surface area contributed by atoms with E-state index in [2.05, 4.69) is 10.6 Å². The molecule has 0 unspecified atom stereocenters. The number of anilines is 1. The van der Waals surface area contributed by atoms with E-state index in [-0.39, 0.29) is 18.5 Å². The van der Waals surface area contributed by atoms with Crippen molar-refractivity contribution >= 4 is 17.5 Å². The fourth-order valence-corrected chi connectivity index (χ4v) is 3.02. The number of nitrogens with one attached hydrogen (secondary N) is 2. The second kappa shape index (κ2) is 6.00. The highest BCUT2D eigenvalue weighted by Crippen LogP contribution is 2.32. The number of benzene rings is 1. The lowest BCUT2D eigenvalue weighted by Crippen LogP contribution is -2.44. The minimum Gasteiger partial charge on any atom is -0.364 e. The molecule has 118 valence electrons. The van der Waals surface area contributed by atoms with E-state index >= 15 is 0 Å². The van der Waals surface area contributed by atoms with E-state index in [0.717, 1.165) is 0 Å². The summed E-state index contributed by atoms with van der Waals surface area (Å²) in [6, 6.07) is 2.49. The molecular formula is C15H17F2N3O2. The maximum absolute atomic E-state index is 14.4. The number of amides is 2. The number of rotatable bonds is 2. The summed E-state index contributed by atoms with van der Waals surface area (Å²) in [6.07, 6.45) is 0.134. The molecule has 0 bridgehead atoms. The average molecular weight is 309 g/mol. The smallest absolute Gasteiger partial charge is 0.227 e.